The van der Waals surface area contributed by atoms with Crippen molar-refractivity contribution in [3.63, 3.8) is 0 Å². The Bertz CT molecular complexity index is 2030. The summed E-state index contributed by atoms with van der Waals surface area (Å²) in [6.07, 6.45) is -2.72. The van der Waals surface area contributed by atoms with Crippen molar-refractivity contribution in [3.8, 4) is 5.75 Å². The molecule has 0 aliphatic carbocycles. The predicted molar refractivity (Wildman–Crippen MR) is 187 cm³/mol. The summed E-state index contributed by atoms with van der Waals surface area (Å²) in [4.78, 5) is 67.2. The van der Waals surface area contributed by atoms with Crippen LogP contribution in [-0.2, 0) is 21.4 Å². The number of anilines is 1. The summed E-state index contributed by atoms with van der Waals surface area (Å²) in [6, 6.07) is 23.6. The van der Waals surface area contributed by atoms with Gasteiger partial charge in [-0.3, -0.25) is 24.0 Å². The van der Waals surface area contributed by atoms with Gasteiger partial charge in [0.05, 0.1) is 24.1 Å². The summed E-state index contributed by atoms with van der Waals surface area (Å²) < 4.78 is 7.90. The van der Waals surface area contributed by atoms with Crippen LogP contribution in [0.2, 0.25) is 0 Å². The summed E-state index contributed by atoms with van der Waals surface area (Å²) >= 11 is 0. The highest BCUT2D eigenvalue weighted by Crippen LogP contribution is 2.30. The van der Waals surface area contributed by atoms with Crippen LogP contribution >= 0.6 is 0 Å². The zero-order valence-corrected chi connectivity index (χ0v) is 27.6. The molecule has 2 amide bonds. The van der Waals surface area contributed by atoms with Crippen LogP contribution in [-0.4, -0.2) is 57.2 Å². The maximum Gasteiger partial charge on any atom is 0.305 e. The van der Waals surface area contributed by atoms with Gasteiger partial charge >= 0.3 is 5.97 Å². The van der Waals surface area contributed by atoms with Crippen LogP contribution in [0.3, 0.4) is 0 Å². The van der Waals surface area contributed by atoms with Crippen molar-refractivity contribution in [3.05, 3.63) is 108 Å². The highest BCUT2D eigenvalue weighted by Gasteiger charge is 2.40. The van der Waals surface area contributed by atoms with Crippen molar-refractivity contribution in [2.24, 2.45) is 18.7 Å². The molecule has 4 aromatic carbocycles. The molecule has 0 aliphatic heterocycles. The third kappa shape index (κ3) is 7.37. The van der Waals surface area contributed by atoms with E-state index in [-0.39, 0.29) is 11.3 Å². The van der Waals surface area contributed by atoms with Crippen LogP contribution in [0.1, 0.15) is 46.7 Å². The molecule has 49 heavy (non-hydrogen) atoms. The highest BCUT2D eigenvalue weighted by molar-refractivity contribution is 6.13. The topological polar surface area (TPSA) is 170 Å². The number of ketones is 2. The maximum atomic E-state index is 14.4. The molecule has 5 rings (SSSR count). The summed E-state index contributed by atoms with van der Waals surface area (Å²) in [5.74, 6) is -4.93. The number of nitrogens with one attached hydrogen (secondary N) is 2. The molecule has 0 bridgehead atoms. The van der Waals surface area contributed by atoms with E-state index in [4.69, 9.17) is 10.5 Å². The lowest BCUT2D eigenvalue weighted by Crippen LogP contribution is -2.55. The first-order valence-electron chi connectivity index (χ1n) is 15.8. The number of carbonyl (C=O) groups is 5. The number of hydrogen-bond acceptors (Lipinski definition) is 7. The monoisotopic (exact) mass is 662 g/mol. The molecule has 2 unspecified atom stereocenters. The Morgan fingerprint density at radius 2 is 1.45 bits per heavy atom. The number of carboxylic acids is 1. The zero-order chi connectivity index (χ0) is 35.4. The highest BCUT2D eigenvalue weighted by atomic mass is 16.5. The zero-order valence-electron chi connectivity index (χ0n) is 27.6. The lowest BCUT2D eigenvalue weighted by molar-refractivity contribution is -0.143. The second kappa shape index (κ2) is 14.5. The Kier molecular flexibility index (Phi) is 10.2. The molecule has 5 aromatic rings. The fraction of sp³-hybridized carbons (Fsp3) is 0.237. The van der Waals surface area contributed by atoms with Gasteiger partial charge in [0.1, 0.15) is 11.4 Å². The molecule has 0 saturated carbocycles. The van der Waals surface area contributed by atoms with Crippen molar-refractivity contribution in [2.75, 3.05) is 5.32 Å². The van der Waals surface area contributed by atoms with Crippen molar-refractivity contribution >= 4 is 56.7 Å². The number of carboxylic acid groups (broad SMARTS) is 1. The number of para-hydroxylation sites is 2. The molecular formula is C38H38N4O7. The Hall–Kier alpha value is -5.81. The van der Waals surface area contributed by atoms with E-state index < -0.39 is 59.9 Å². The minimum Gasteiger partial charge on any atom is -0.481 e. The summed E-state index contributed by atoms with van der Waals surface area (Å²) in [5.41, 5.74) is 8.42. The van der Waals surface area contributed by atoms with Gasteiger partial charge in [-0.25, -0.2) is 0 Å². The second-order valence-electron chi connectivity index (χ2n) is 12.3. The van der Waals surface area contributed by atoms with Crippen LogP contribution in [0.25, 0.3) is 21.7 Å². The molecule has 0 radical (unpaired) electrons. The molecule has 252 valence electrons. The number of Topliss-reactive ketones (excluding diaryl/α,β-unsaturated/α-hetero) is 2. The first-order valence-corrected chi connectivity index (χ1v) is 15.8. The standard InChI is InChI=1S/C38H38N4O7/c1-21(2)32(41-38(48)33-22(3)26-16-10-11-17-29(26)42(33)4)35(46)36(34(45)28(39)20-31(43)44)49-30-19-24-13-9-8-12-23(24)18-27(30)37(47)40-25-14-6-5-7-15-25/h5-19,21,28,32,36H,20,39H2,1-4H3,(H,40,47)(H,41,48)(H,43,44)/t28?,32-,36?/m0/s1. The third-order valence-electron chi connectivity index (χ3n) is 8.48. The van der Waals surface area contributed by atoms with E-state index in [1.807, 2.05) is 31.2 Å². The van der Waals surface area contributed by atoms with Gasteiger partial charge in [-0.05, 0) is 59.5 Å². The average molecular weight is 663 g/mol. The first kappa shape index (κ1) is 34.5. The van der Waals surface area contributed by atoms with Gasteiger partial charge in [-0.1, -0.05) is 74.5 Å². The van der Waals surface area contributed by atoms with Crippen LogP contribution in [0.15, 0.2) is 91.0 Å². The Morgan fingerprint density at radius 1 is 0.837 bits per heavy atom. The number of hydrogen-bond donors (Lipinski definition) is 4. The van der Waals surface area contributed by atoms with Crippen molar-refractivity contribution < 1.29 is 33.8 Å². The molecule has 1 aromatic heterocycles. The first-order chi connectivity index (χ1) is 23.4. The number of benzene rings is 4. The lowest BCUT2D eigenvalue weighted by atomic mass is 9.91. The second-order valence-corrected chi connectivity index (χ2v) is 12.3. The summed E-state index contributed by atoms with van der Waals surface area (Å²) in [7, 11) is 1.75. The number of fused-ring (bicyclic) bond motifs is 2. The number of amides is 2. The van der Waals surface area contributed by atoms with Crippen molar-refractivity contribution in [2.45, 2.75) is 45.4 Å². The molecule has 1 heterocycles. The number of aliphatic carboxylic acids is 1. The van der Waals surface area contributed by atoms with E-state index in [9.17, 15) is 29.1 Å². The number of nitrogens with zero attached hydrogens (tertiary/aromatic N) is 1. The number of aryl methyl sites for hydroxylation is 2. The number of rotatable bonds is 13. The SMILES string of the molecule is Cc1c(C(=O)N[C@H](C(=O)C(Oc2cc3ccccc3cc2C(=O)Nc2ccccc2)C(=O)C(N)CC(=O)O)C(C)C)n(C)c2ccccc12. The number of nitrogens with two attached hydrogens (primary N) is 1. The van der Waals surface area contributed by atoms with Gasteiger partial charge in [0.25, 0.3) is 11.8 Å². The van der Waals surface area contributed by atoms with Gasteiger partial charge in [0.15, 0.2) is 5.78 Å². The maximum absolute atomic E-state index is 14.4. The number of ether oxygens (including phenoxy) is 1. The summed E-state index contributed by atoms with van der Waals surface area (Å²) in [5, 5.41) is 17.2. The molecular weight excluding hydrogens is 624 g/mol. The summed E-state index contributed by atoms with van der Waals surface area (Å²) in [6.45, 7) is 5.21. The van der Waals surface area contributed by atoms with Gasteiger partial charge in [-0.15, -0.1) is 0 Å². The Labute approximate surface area is 283 Å². The Balaban J connectivity index is 1.55. The van der Waals surface area contributed by atoms with Crippen molar-refractivity contribution in [1.29, 1.82) is 0 Å². The van der Waals surface area contributed by atoms with Crippen LogP contribution < -0.4 is 21.1 Å². The van der Waals surface area contributed by atoms with Crippen LogP contribution in [0.4, 0.5) is 5.69 Å². The van der Waals surface area contributed by atoms with Gasteiger partial charge in [0, 0.05) is 23.6 Å². The minimum atomic E-state index is -1.96. The smallest absolute Gasteiger partial charge is 0.305 e. The fourth-order valence-electron chi connectivity index (χ4n) is 5.93. The van der Waals surface area contributed by atoms with Crippen LogP contribution in [0, 0.1) is 12.8 Å². The van der Waals surface area contributed by atoms with Gasteiger partial charge in [-0.2, -0.15) is 0 Å². The predicted octanol–water partition coefficient (Wildman–Crippen LogP) is 5.03. The fourth-order valence-corrected chi connectivity index (χ4v) is 5.93. The molecule has 3 atom stereocenters. The molecule has 0 aliphatic rings. The Morgan fingerprint density at radius 3 is 2.08 bits per heavy atom. The molecule has 11 heteroatoms. The quantitative estimate of drug-likeness (QED) is 0.127. The largest absolute Gasteiger partial charge is 0.481 e. The van der Waals surface area contributed by atoms with E-state index in [2.05, 4.69) is 10.6 Å². The van der Waals surface area contributed by atoms with E-state index in [0.29, 0.717) is 27.7 Å². The molecule has 0 spiro atoms. The number of aromatic nitrogens is 1. The molecule has 11 nitrogen and oxygen atoms in total. The molecule has 0 fully saturated rings. The van der Waals surface area contributed by atoms with Gasteiger partial charge in [0.2, 0.25) is 11.9 Å². The van der Waals surface area contributed by atoms with E-state index in [1.165, 1.54) is 6.07 Å². The number of carbonyl (C=O) groups excluding carboxylic acids is 4. The average Bonchev–Trinajstić information content (AvgIpc) is 3.34. The minimum absolute atomic E-state index is 0.0243. The normalized spacial score (nSPS) is 13.1. The molecule has 0 saturated heterocycles. The molecule has 5 N–H and O–H groups in total. The van der Waals surface area contributed by atoms with E-state index in [0.717, 1.165) is 10.9 Å². The van der Waals surface area contributed by atoms with E-state index in [1.54, 1.807) is 86.1 Å². The third-order valence-corrected chi connectivity index (χ3v) is 8.48. The van der Waals surface area contributed by atoms with Gasteiger partial charge < -0.3 is 30.8 Å². The van der Waals surface area contributed by atoms with E-state index >= 15 is 0 Å². The van der Waals surface area contributed by atoms with Crippen molar-refractivity contribution in [1.82, 2.24) is 9.88 Å². The lowest BCUT2D eigenvalue weighted by Gasteiger charge is -2.28. The van der Waals surface area contributed by atoms with Crippen LogP contribution in [0.5, 0.6) is 5.75 Å².